The highest BCUT2D eigenvalue weighted by Crippen LogP contribution is 2.22. The van der Waals surface area contributed by atoms with E-state index < -0.39 is 0 Å². The Morgan fingerprint density at radius 1 is 1.53 bits per heavy atom. The van der Waals surface area contributed by atoms with Crippen LogP contribution < -0.4 is 10.5 Å². The Hall–Kier alpha value is -1.22. The maximum atomic E-state index is 10.5. The van der Waals surface area contributed by atoms with E-state index in [1.54, 1.807) is 6.07 Å². The Morgan fingerprint density at radius 2 is 2.27 bits per heavy atom. The van der Waals surface area contributed by atoms with E-state index in [1.807, 2.05) is 19.1 Å². The minimum atomic E-state index is -0.304. The largest absolute Gasteiger partial charge is 0.493 e. The van der Waals surface area contributed by atoms with E-state index >= 15 is 0 Å². The predicted molar refractivity (Wildman–Crippen MR) is 60.1 cm³/mol. The summed E-state index contributed by atoms with van der Waals surface area (Å²) in [4.78, 5) is 10.5. The van der Waals surface area contributed by atoms with E-state index in [-0.39, 0.29) is 5.91 Å². The molecule has 0 aliphatic rings. The van der Waals surface area contributed by atoms with Gasteiger partial charge in [-0.1, -0.05) is 17.7 Å². The zero-order valence-electron chi connectivity index (χ0n) is 8.63. The maximum Gasteiger partial charge on any atom is 0.217 e. The van der Waals surface area contributed by atoms with Crippen molar-refractivity contribution in [2.45, 2.75) is 19.8 Å². The first-order chi connectivity index (χ1) is 7.09. The van der Waals surface area contributed by atoms with Crippen LogP contribution >= 0.6 is 11.6 Å². The number of rotatable bonds is 5. The van der Waals surface area contributed by atoms with Gasteiger partial charge in [-0.2, -0.15) is 0 Å². The van der Waals surface area contributed by atoms with E-state index in [1.165, 1.54) is 0 Å². The van der Waals surface area contributed by atoms with Crippen molar-refractivity contribution in [3.63, 3.8) is 0 Å². The van der Waals surface area contributed by atoms with Gasteiger partial charge in [-0.05, 0) is 31.0 Å². The molecular weight excluding hydrogens is 214 g/mol. The molecule has 0 heterocycles. The third kappa shape index (κ3) is 4.21. The lowest BCUT2D eigenvalue weighted by molar-refractivity contribution is -0.118. The number of benzene rings is 1. The lowest BCUT2D eigenvalue weighted by Crippen LogP contribution is -2.11. The molecule has 3 nitrogen and oxygen atoms in total. The number of carbonyl (C=O) groups is 1. The molecule has 15 heavy (non-hydrogen) atoms. The van der Waals surface area contributed by atoms with Crippen LogP contribution in [0.25, 0.3) is 0 Å². The molecule has 4 heteroatoms. The molecule has 0 atom stereocenters. The fraction of sp³-hybridized carbons (Fsp3) is 0.364. The van der Waals surface area contributed by atoms with Crippen LogP contribution in [0.15, 0.2) is 18.2 Å². The summed E-state index contributed by atoms with van der Waals surface area (Å²) in [5.74, 6) is 0.452. The molecule has 1 aromatic rings. The maximum absolute atomic E-state index is 10.5. The Bertz CT molecular complexity index is 352. The number of ether oxygens (including phenoxy) is 1. The minimum Gasteiger partial charge on any atom is -0.493 e. The quantitative estimate of drug-likeness (QED) is 0.785. The van der Waals surface area contributed by atoms with Crippen molar-refractivity contribution in [1.82, 2.24) is 0 Å². The second-order valence-corrected chi connectivity index (χ2v) is 3.76. The summed E-state index contributed by atoms with van der Waals surface area (Å²) in [5.41, 5.74) is 6.04. The van der Waals surface area contributed by atoms with Crippen LogP contribution in [-0.4, -0.2) is 12.5 Å². The van der Waals surface area contributed by atoms with Gasteiger partial charge in [0.05, 0.1) is 6.61 Å². The molecule has 0 fully saturated rings. The van der Waals surface area contributed by atoms with Crippen LogP contribution in [0.2, 0.25) is 5.02 Å². The normalized spacial score (nSPS) is 10.0. The van der Waals surface area contributed by atoms with Gasteiger partial charge in [0.15, 0.2) is 0 Å². The number of halogens is 1. The van der Waals surface area contributed by atoms with Gasteiger partial charge < -0.3 is 10.5 Å². The number of hydrogen-bond acceptors (Lipinski definition) is 2. The van der Waals surface area contributed by atoms with E-state index in [0.717, 1.165) is 11.3 Å². The van der Waals surface area contributed by atoms with Gasteiger partial charge in [0, 0.05) is 11.4 Å². The van der Waals surface area contributed by atoms with E-state index in [2.05, 4.69) is 0 Å². The molecule has 0 saturated heterocycles. The number of primary amides is 1. The second-order valence-electron chi connectivity index (χ2n) is 3.33. The fourth-order valence-corrected chi connectivity index (χ4v) is 1.32. The lowest BCUT2D eigenvalue weighted by Gasteiger charge is -2.08. The van der Waals surface area contributed by atoms with Gasteiger partial charge in [0.1, 0.15) is 5.75 Å². The summed E-state index contributed by atoms with van der Waals surface area (Å²) in [7, 11) is 0. The van der Waals surface area contributed by atoms with Crippen molar-refractivity contribution in [1.29, 1.82) is 0 Å². The first kappa shape index (κ1) is 11.9. The van der Waals surface area contributed by atoms with Crippen molar-refractivity contribution in [2.75, 3.05) is 6.61 Å². The number of amides is 1. The molecule has 0 unspecified atom stereocenters. The van der Waals surface area contributed by atoms with E-state index in [0.29, 0.717) is 24.5 Å². The van der Waals surface area contributed by atoms with Gasteiger partial charge in [-0.15, -0.1) is 0 Å². The molecular formula is C11H14ClNO2. The Balaban J connectivity index is 2.43. The molecule has 0 bridgehead atoms. The summed E-state index contributed by atoms with van der Waals surface area (Å²) >= 11 is 5.83. The smallest absolute Gasteiger partial charge is 0.217 e. The van der Waals surface area contributed by atoms with Crippen LogP contribution in [0.3, 0.4) is 0 Å². The van der Waals surface area contributed by atoms with Gasteiger partial charge >= 0.3 is 0 Å². The molecule has 0 radical (unpaired) electrons. The van der Waals surface area contributed by atoms with Crippen molar-refractivity contribution in [2.24, 2.45) is 5.73 Å². The first-order valence-electron chi connectivity index (χ1n) is 4.77. The highest BCUT2D eigenvalue weighted by atomic mass is 35.5. The molecule has 1 rings (SSSR count). The molecule has 1 amide bonds. The predicted octanol–water partition coefficient (Wildman–Crippen LogP) is 2.29. The highest BCUT2D eigenvalue weighted by molar-refractivity contribution is 6.30. The van der Waals surface area contributed by atoms with Crippen LogP contribution in [0.4, 0.5) is 0 Å². The Morgan fingerprint density at radius 3 is 2.93 bits per heavy atom. The molecule has 0 aliphatic carbocycles. The minimum absolute atomic E-state index is 0.304. The summed E-state index contributed by atoms with van der Waals surface area (Å²) in [6.07, 6.45) is 0.973. The van der Waals surface area contributed by atoms with Crippen LogP contribution in [-0.2, 0) is 4.79 Å². The zero-order valence-corrected chi connectivity index (χ0v) is 9.38. The lowest BCUT2D eigenvalue weighted by atomic mass is 10.2. The van der Waals surface area contributed by atoms with Crippen LogP contribution in [0.5, 0.6) is 5.75 Å². The third-order valence-corrected chi connectivity index (χ3v) is 2.21. The fourth-order valence-electron chi connectivity index (χ4n) is 1.16. The summed E-state index contributed by atoms with van der Waals surface area (Å²) in [5, 5.41) is 0.644. The van der Waals surface area contributed by atoms with E-state index in [4.69, 9.17) is 22.1 Å². The Kier molecular flexibility index (Phi) is 4.43. The molecule has 0 aliphatic heterocycles. The summed E-state index contributed by atoms with van der Waals surface area (Å²) in [6, 6.07) is 5.47. The summed E-state index contributed by atoms with van der Waals surface area (Å²) < 4.78 is 5.48. The van der Waals surface area contributed by atoms with Crippen molar-refractivity contribution < 1.29 is 9.53 Å². The Labute approximate surface area is 94.2 Å². The standard InChI is InChI=1S/C11H14ClNO2/c1-8-4-5-9(12)7-10(8)15-6-2-3-11(13)14/h4-5,7H,2-3,6H2,1H3,(H2,13,14). The van der Waals surface area contributed by atoms with E-state index in [9.17, 15) is 4.79 Å². The molecule has 2 N–H and O–H groups in total. The average Bonchev–Trinajstić information content (AvgIpc) is 2.17. The molecule has 0 spiro atoms. The van der Waals surface area contributed by atoms with Crippen molar-refractivity contribution >= 4 is 17.5 Å². The number of nitrogens with two attached hydrogens (primary N) is 1. The van der Waals surface area contributed by atoms with Gasteiger partial charge in [-0.25, -0.2) is 0 Å². The SMILES string of the molecule is Cc1ccc(Cl)cc1OCCCC(N)=O. The highest BCUT2D eigenvalue weighted by Gasteiger charge is 2.01. The topological polar surface area (TPSA) is 52.3 Å². The van der Waals surface area contributed by atoms with Gasteiger partial charge in [0.2, 0.25) is 5.91 Å². The van der Waals surface area contributed by atoms with Crippen molar-refractivity contribution in [3.8, 4) is 5.75 Å². The van der Waals surface area contributed by atoms with Crippen LogP contribution in [0, 0.1) is 6.92 Å². The monoisotopic (exact) mass is 227 g/mol. The molecule has 0 saturated carbocycles. The molecule has 82 valence electrons. The second kappa shape index (κ2) is 5.61. The van der Waals surface area contributed by atoms with Gasteiger partial charge in [-0.3, -0.25) is 4.79 Å². The number of carbonyl (C=O) groups excluding carboxylic acids is 1. The van der Waals surface area contributed by atoms with Crippen LogP contribution in [0.1, 0.15) is 18.4 Å². The summed E-state index contributed by atoms with van der Waals surface area (Å²) in [6.45, 7) is 2.42. The number of hydrogen-bond donors (Lipinski definition) is 1. The third-order valence-electron chi connectivity index (χ3n) is 1.98. The number of aryl methyl sites for hydroxylation is 1. The first-order valence-corrected chi connectivity index (χ1v) is 5.14. The molecule has 1 aromatic carbocycles. The van der Waals surface area contributed by atoms with Gasteiger partial charge in [0.25, 0.3) is 0 Å². The average molecular weight is 228 g/mol. The molecule has 0 aromatic heterocycles. The zero-order chi connectivity index (χ0) is 11.3. The van der Waals surface area contributed by atoms with Crippen molar-refractivity contribution in [3.05, 3.63) is 28.8 Å².